The first kappa shape index (κ1) is 44.3. The molecule has 0 aliphatic carbocycles. The molecular formula is C47H48ClN9O6. The van der Waals surface area contributed by atoms with Gasteiger partial charge in [-0.3, -0.25) is 19.0 Å². The molecule has 8 rings (SSSR count). The Hall–Kier alpha value is -6.78. The van der Waals surface area contributed by atoms with Gasteiger partial charge < -0.3 is 30.1 Å². The van der Waals surface area contributed by atoms with Crippen molar-refractivity contribution in [3.8, 4) is 41.2 Å². The quantitative estimate of drug-likeness (QED) is 0.128. The van der Waals surface area contributed by atoms with Gasteiger partial charge in [-0.25, -0.2) is 19.6 Å². The fraction of sp³-hybridized carbons (Fsp3) is 0.340. The lowest BCUT2D eigenvalue weighted by atomic mass is 10.1. The number of hydrogen-bond acceptors (Lipinski definition) is 11. The van der Waals surface area contributed by atoms with Crippen LogP contribution in [0.3, 0.4) is 0 Å². The number of ether oxygens (including phenoxy) is 2. The molecule has 0 spiro atoms. The number of morpholine rings is 2. The van der Waals surface area contributed by atoms with Gasteiger partial charge in [-0.2, -0.15) is 5.10 Å². The summed E-state index contributed by atoms with van der Waals surface area (Å²) in [5, 5.41) is 16.4. The molecule has 0 saturated carbocycles. The highest BCUT2D eigenvalue weighted by Gasteiger charge is 2.22. The van der Waals surface area contributed by atoms with Gasteiger partial charge in [-0.1, -0.05) is 59.8 Å². The van der Waals surface area contributed by atoms with E-state index in [1.54, 1.807) is 45.6 Å². The van der Waals surface area contributed by atoms with Gasteiger partial charge in [0.15, 0.2) is 5.65 Å². The van der Waals surface area contributed by atoms with Gasteiger partial charge >= 0.3 is 0 Å². The van der Waals surface area contributed by atoms with Gasteiger partial charge in [0.2, 0.25) is 11.8 Å². The van der Waals surface area contributed by atoms with Crippen LogP contribution < -0.4 is 11.3 Å². The number of halogens is 1. The molecular weight excluding hydrogens is 822 g/mol. The van der Waals surface area contributed by atoms with Crippen molar-refractivity contribution >= 4 is 51.2 Å². The van der Waals surface area contributed by atoms with E-state index in [4.69, 9.17) is 43.3 Å². The number of nitrogens with zero attached hydrogens (tertiary/aromatic N) is 8. The molecule has 2 fully saturated rings. The molecule has 0 unspecified atom stereocenters. The molecule has 6 aromatic rings. The molecule has 324 valence electrons. The molecule has 2 aliphatic rings. The Kier molecular flexibility index (Phi) is 15.0. The molecule has 16 heteroatoms. The summed E-state index contributed by atoms with van der Waals surface area (Å²) in [5.74, 6) is 9.89. The predicted molar refractivity (Wildman–Crippen MR) is 241 cm³/mol. The van der Waals surface area contributed by atoms with Crippen LogP contribution in [0.5, 0.6) is 5.75 Å². The fourth-order valence-corrected chi connectivity index (χ4v) is 7.59. The second-order valence-electron chi connectivity index (χ2n) is 14.9. The Bertz CT molecular complexity index is 2760. The Morgan fingerprint density at radius 3 is 2.21 bits per heavy atom. The number of aromatic hydroxyl groups is 1. The molecule has 0 bridgehead atoms. The van der Waals surface area contributed by atoms with E-state index >= 15 is 0 Å². The number of amides is 2. The summed E-state index contributed by atoms with van der Waals surface area (Å²) in [6, 6.07) is 19.4. The average Bonchev–Trinajstić information content (AvgIpc) is 3.68. The maximum absolute atomic E-state index is 14.5. The second kappa shape index (κ2) is 21.3. The van der Waals surface area contributed by atoms with Gasteiger partial charge in [0, 0.05) is 68.0 Å². The van der Waals surface area contributed by atoms with Crippen molar-refractivity contribution < 1.29 is 24.2 Å². The van der Waals surface area contributed by atoms with Gasteiger partial charge in [0.25, 0.3) is 5.56 Å². The van der Waals surface area contributed by atoms with Crippen LogP contribution in [0.25, 0.3) is 33.2 Å². The number of nitrogens with two attached hydrogens (primary N) is 1. The number of unbranched alkanes of at least 4 members (excludes halogenated alkanes) is 2. The number of hydrogen-bond donors (Lipinski definition) is 2. The van der Waals surface area contributed by atoms with Gasteiger partial charge in [0.05, 0.1) is 49.3 Å². The van der Waals surface area contributed by atoms with E-state index in [0.29, 0.717) is 121 Å². The van der Waals surface area contributed by atoms with Crippen molar-refractivity contribution in [2.24, 2.45) is 0 Å². The van der Waals surface area contributed by atoms with Crippen molar-refractivity contribution in [1.29, 1.82) is 0 Å². The molecule has 0 atom stereocenters. The Morgan fingerprint density at radius 2 is 1.52 bits per heavy atom. The molecule has 2 amide bonds. The number of nitrogen functional groups attached to an aromatic ring is 1. The van der Waals surface area contributed by atoms with Crippen molar-refractivity contribution in [3.63, 3.8) is 0 Å². The van der Waals surface area contributed by atoms with E-state index < -0.39 is 0 Å². The maximum Gasteiger partial charge on any atom is 0.263 e. The topological polar surface area (TPSA) is 184 Å². The molecule has 2 saturated heterocycles. The summed E-state index contributed by atoms with van der Waals surface area (Å²) in [5.41, 5.74) is 9.37. The minimum Gasteiger partial charge on any atom is -0.508 e. The molecule has 3 N–H and O–H groups in total. The van der Waals surface area contributed by atoms with Crippen LogP contribution in [-0.4, -0.2) is 109 Å². The lowest BCUT2D eigenvalue weighted by Crippen LogP contribution is -2.40. The zero-order valence-electron chi connectivity index (χ0n) is 34.8. The smallest absolute Gasteiger partial charge is 0.263 e. The lowest BCUT2D eigenvalue weighted by Gasteiger charge is -2.26. The number of aromatic nitrogens is 6. The van der Waals surface area contributed by atoms with Crippen LogP contribution >= 0.6 is 11.6 Å². The van der Waals surface area contributed by atoms with E-state index in [9.17, 15) is 19.5 Å². The fourth-order valence-electron chi connectivity index (χ4n) is 7.39. The predicted octanol–water partition coefficient (Wildman–Crippen LogP) is 5.27. The average molecular weight is 870 g/mol. The number of anilines is 1. The summed E-state index contributed by atoms with van der Waals surface area (Å²) in [7, 11) is 0. The number of rotatable bonds is 11. The normalized spacial score (nSPS) is 13.8. The maximum atomic E-state index is 14.5. The van der Waals surface area contributed by atoms with Crippen molar-refractivity contribution in [2.45, 2.75) is 51.6 Å². The summed E-state index contributed by atoms with van der Waals surface area (Å²) in [4.78, 5) is 55.8. The Labute approximate surface area is 369 Å². The first-order chi connectivity index (χ1) is 30.7. The van der Waals surface area contributed by atoms with Crippen molar-refractivity contribution in [2.75, 3.05) is 58.3 Å². The van der Waals surface area contributed by atoms with Gasteiger partial charge in [-0.05, 0) is 48.7 Å². The first-order valence-corrected chi connectivity index (χ1v) is 21.2. The van der Waals surface area contributed by atoms with E-state index in [-0.39, 0.29) is 42.0 Å². The summed E-state index contributed by atoms with van der Waals surface area (Å²) < 4.78 is 13.7. The number of fused-ring (bicyclic) bond motifs is 2. The highest BCUT2D eigenvalue weighted by atomic mass is 35.5. The van der Waals surface area contributed by atoms with Crippen LogP contribution in [0.1, 0.15) is 55.5 Å². The highest BCUT2D eigenvalue weighted by Crippen LogP contribution is 2.32. The van der Waals surface area contributed by atoms with Crippen molar-refractivity contribution in [3.05, 3.63) is 105 Å². The third kappa shape index (κ3) is 11.0. The third-order valence-corrected chi connectivity index (χ3v) is 11.0. The summed E-state index contributed by atoms with van der Waals surface area (Å²) >= 11 is 6.58. The Balaban J connectivity index is 0.000000394. The minimum atomic E-state index is -0.281. The second-order valence-corrected chi connectivity index (χ2v) is 15.3. The highest BCUT2D eigenvalue weighted by molar-refractivity contribution is 6.31. The summed E-state index contributed by atoms with van der Waals surface area (Å²) in [6.07, 6.45) is 10.0. The largest absolute Gasteiger partial charge is 0.508 e. The zero-order chi connectivity index (χ0) is 44.1. The van der Waals surface area contributed by atoms with E-state index in [1.807, 2.05) is 40.1 Å². The van der Waals surface area contributed by atoms with Crippen LogP contribution in [0, 0.1) is 24.2 Å². The van der Waals surface area contributed by atoms with E-state index in [1.165, 1.54) is 6.33 Å². The van der Waals surface area contributed by atoms with Crippen LogP contribution in [0.2, 0.25) is 5.02 Å². The number of carbonyl (C=O) groups excluding carboxylic acids is 2. The van der Waals surface area contributed by atoms with E-state index in [0.717, 1.165) is 25.1 Å². The monoisotopic (exact) mass is 869 g/mol. The molecule has 63 heavy (non-hydrogen) atoms. The van der Waals surface area contributed by atoms with Gasteiger partial charge in [-0.15, -0.1) is 12.3 Å². The lowest BCUT2D eigenvalue weighted by molar-refractivity contribution is -0.136. The molecule has 3 aromatic heterocycles. The Morgan fingerprint density at radius 1 is 0.841 bits per heavy atom. The molecule has 0 radical (unpaired) electrons. The van der Waals surface area contributed by atoms with Crippen LogP contribution in [0.15, 0.2) is 77.9 Å². The first-order valence-electron chi connectivity index (χ1n) is 20.9. The standard InChI is InChI=1S/C37H33ClN8O4.C10H15NO2/c38-28-13-5-4-9-26(28)21-45-30(22-46-36-33(35(39)40-23-41-36)34(43-46)25-11-6-12-27(47)20-25)42-29-14-7-10-24(32(29)37(45)49)8-2-1-3-15-31(48)44-16-18-50-19-17-44;1-2-3-4-5-10(12)11-6-8-13-9-7-11/h4-7,9-14,20,23,47H,1,3,15-19,21-22H2,(H2,39,40,41);1H,3-9H2. The molecule has 2 aliphatic heterocycles. The SMILES string of the molecule is C#CCCCC(=O)N1CCOCC1.Nc1ncnc2c1c(-c1cccc(O)c1)nn2Cc1nc2cccc(C#CCCCC(=O)N3CCOCC3)c2c(=O)n1Cc1ccccc1Cl. The van der Waals surface area contributed by atoms with Crippen LogP contribution in [0.4, 0.5) is 5.82 Å². The molecule has 15 nitrogen and oxygen atoms in total. The number of phenolic OH excluding ortho intramolecular Hbond substituents is 1. The van der Waals surface area contributed by atoms with E-state index in [2.05, 4.69) is 27.7 Å². The van der Waals surface area contributed by atoms with Crippen LogP contribution in [-0.2, 0) is 32.2 Å². The summed E-state index contributed by atoms with van der Waals surface area (Å²) in [6.45, 7) is 5.38. The minimum absolute atomic E-state index is 0.0640. The number of phenols is 1. The zero-order valence-corrected chi connectivity index (χ0v) is 35.6. The number of benzene rings is 3. The molecule has 3 aromatic carbocycles. The number of carbonyl (C=O) groups is 2. The van der Waals surface area contributed by atoms with Gasteiger partial charge in [0.1, 0.15) is 36.0 Å². The van der Waals surface area contributed by atoms with Crippen molar-refractivity contribution in [1.82, 2.24) is 39.1 Å². The third-order valence-electron chi connectivity index (χ3n) is 10.7. The number of terminal acetylenes is 1. The molecule has 5 heterocycles.